The number of ether oxygens (including phenoxy) is 3. The number of amides is 3. The van der Waals surface area contributed by atoms with Crippen LogP contribution in [0.15, 0.2) is 58.8 Å². The topological polar surface area (TPSA) is 144 Å². The standard InChI is InChI=1S/C31H33N3O8/c1-40-11-12-41-13-14-42-28-8-3-2-5-20(28)19-15-26(35)22(27(36)16-19)17-32-24-7-4-6-21-23(24)18-34(31(21)39)25-9-10-29(37)33-30(25)38/h2-8,17,19,25,35H,9-16,18H2,1H3,(H,33,37,38). The molecule has 220 valence electrons. The van der Waals surface area contributed by atoms with Gasteiger partial charge < -0.3 is 24.2 Å². The number of aliphatic imine (C=N–C) groups is 1. The molecular weight excluding hydrogens is 542 g/mol. The van der Waals surface area contributed by atoms with Gasteiger partial charge in [0.15, 0.2) is 5.78 Å². The minimum absolute atomic E-state index is 0.0634. The van der Waals surface area contributed by atoms with Crippen molar-refractivity contribution in [2.75, 3.05) is 33.5 Å². The average Bonchev–Trinajstić information content (AvgIpc) is 3.31. The number of carbonyl (C=O) groups excluding carboxylic acids is 4. The maximum atomic E-state index is 13.2. The van der Waals surface area contributed by atoms with Crippen molar-refractivity contribution in [3.05, 3.63) is 70.5 Å². The fourth-order valence-electron chi connectivity index (χ4n) is 5.51. The SMILES string of the molecule is COCCOCCOc1ccccc1C1CC(=O)C(C=Nc2cccc3c2CN(C2CCC(=O)NC2=O)C3=O)=C(O)C1. The van der Waals surface area contributed by atoms with Crippen LogP contribution in [-0.4, -0.2) is 79.3 Å². The first-order chi connectivity index (χ1) is 20.4. The van der Waals surface area contributed by atoms with Gasteiger partial charge in [-0.3, -0.25) is 29.5 Å². The number of piperidine rings is 1. The Morgan fingerprint density at radius 1 is 1.02 bits per heavy atom. The van der Waals surface area contributed by atoms with Gasteiger partial charge in [0, 0.05) is 56.2 Å². The first-order valence-corrected chi connectivity index (χ1v) is 13.9. The average molecular weight is 576 g/mol. The Morgan fingerprint density at radius 2 is 1.83 bits per heavy atom. The van der Waals surface area contributed by atoms with E-state index in [4.69, 9.17) is 14.2 Å². The van der Waals surface area contributed by atoms with Gasteiger partial charge in [-0.2, -0.15) is 0 Å². The monoisotopic (exact) mass is 575 g/mol. The minimum Gasteiger partial charge on any atom is -0.511 e. The number of rotatable bonds is 11. The Balaban J connectivity index is 1.28. The fraction of sp³-hybridized carbons (Fsp3) is 0.387. The zero-order chi connectivity index (χ0) is 29.6. The molecule has 2 heterocycles. The summed E-state index contributed by atoms with van der Waals surface area (Å²) < 4.78 is 16.3. The van der Waals surface area contributed by atoms with Crippen LogP contribution < -0.4 is 10.1 Å². The molecular formula is C31H33N3O8. The van der Waals surface area contributed by atoms with Crippen LogP contribution in [0.3, 0.4) is 0 Å². The van der Waals surface area contributed by atoms with E-state index in [0.717, 1.165) is 5.56 Å². The van der Waals surface area contributed by atoms with E-state index in [1.165, 1.54) is 11.1 Å². The van der Waals surface area contributed by atoms with E-state index in [9.17, 15) is 24.3 Å². The molecule has 2 N–H and O–H groups in total. The lowest BCUT2D eigenvalue weighted by Crippen LogP contribution is -2.52. The summed E-state index contributed by atoms with van der Waals surface area (Å²) in [6.45, 7) is 1.87. The van der Waals surface area contributed by atoms with E-state index >= 15 is 0 Å². The summed E-state index contributed by atoms with van der Waals surface area (Å²) in [6.07, 6.45) is 2.19. The summed E-state index contributed by atoms with van der Waals surface area (Å²) in [5.74, 6) is -1.08. The van der Waals surface area contributed by atoms with Gasteiger partial charge in [0.25, 0.3) is 5.91 Å². The molecule has 0 saturated carbocycles. The van der Waals surface area contributed by atoms with E-state index in [2.05, 4.69) is 10.3 Å². The van der Waals surface area contributed by atoms with E-state index in [-0.39, 0.29) is 67.1 Å². The first kappa shape index (κ1) is 29.2. The van der Waals surface area contributed by atoms with Gasteiger partial charge in [-0.15, -0.1) is 0 Å². The molecule has 11 nitrogen and oxygen atoms in total. The third kappa shape index (κ3) is 6.27. The van der Waals surface area contributed by atoms with Crippen LogP contribution in [0.1, 0.15) is 53.1 Å². The molecule has 0 spiro atoms. The number of benzene rings is 2. The highest BCUT2D eigenvalue weighted by Crippen LogP contribution is 2.38. The Morgan fingerprint density at radius 3 is 2.62 bits per heavy atom. The Kier molecular flexibility index (Phi) is 9.09. The van der Waals surface area contributed by atoms with Crippen molar-refractivity contribution in [1.29, 1.82) is 0 Å². The number of aliphatic hydroxyl groups is 1. The normalized spacial score (nSPS) is 20.8. The minimum atomic E-state index is -0.738. The molecule has 3 aliphatic rings. The van der Waals surface area contributed by atoms with Crippen molar-refractivity contribution >= 4 is 35.4 Å². The second-order valence-corrected chi connectivity index (χ2v) is 10.3. The van der Waals surface area contributed by atoms with Crippen LogP contribution in [0.25, 0.3) is 0 Å². The summed E-state index contributed by atoms with van der Waals surface area (Å²) in [4.78, 5) is 56.1. The molecule has 0 bridgehead atoms. The van der Waals surface area contributed by atoms with E-state index in [1.807, 2.05) is 24.3 Å². The van der Waals surface area contributed by atoms with Crippen LogP contribution in [0.5, 0.6) is 5.75 Å². The quantitative estimate of drug-likeness (QED) is 0.236. The lowest BCUT2D eigenvalue weighted by Gasteiger charge is -2.29. The largest absolute Gasteiger partial charge is 0.511 e. The van der Waals surface area contributed by atoms with Crippen LogP contribution >= 0.6 is 0 Å². The molecule has 5 rings (SSSR count). The molecule has 3 amide bonds. The zero-order valence-corrected chi connectivity index (χ0v) is 23.3. The van der Waals surface area contributed by atoms with Gasteiger partial charge in [0.2, 0.25) is 11.8 Å². The number of imide groups is 1. The van der Waals surface area contributed by atoms with Crippen LogP contribution in [0, 0.1) is 0 Å². The predicted octanol–water partition coefficient (Wildman–Crippen LogP) is 3.15. The third-order valence-electron chi connectivity index (χ3n) is 7.65. The summed E-state index contributed by atoms with van der Waals surface area (Å²) >= 11 is 0. The van der Waals surface area contributed by atoms with E-state index in [1.54, 1.807) is 25.3 Å². The molecule has 42 heavy (non-hydrogen) atoms. The van der Waals surface area contributed by atoms with Crippen molar-refractivity contribution in [2.45, 2.75) is 44.2 Å². The molecule has 2 aliphatic heterocycles. The summed E-state index contributed by atoms with van der Waals surface area (Å²) in [5, 5.41) is 13.2. The molecule has 2 unspecified atom stereocenters. The number of methoxy groups -OCH3 is 1. The predicted molar refractivity (Wildman–Crippen MR) is 152 cm³/mol. The molecule has 1 saturated heterocycles. The number of nitrogens with zero attached hydrogens (tertiary/aromatic N) is 2. The molecule has 1 fully saturated rings. The van der Waals surface area contributed by atoms with Crippen LogP contribution in [-0.2, 0) is 30.4 Å². The molecule has 2 atom stereocenters. The van der Waals surface area contributed by atoms with Crippen molar-refractivity contribution in [1.82, 2.24) is 10.2 Å². The Bertz CT molecular complexity index is 1450. The van der Waals surface area contributed by atoms with Gasteiger partial charge in [-0.25, -0.2) is 0 Å². The maximum absolute atomic E-state index is 13.2. The first-order valence-electron chi connectivity index (χ1n) is 13.9. The van der Waals surface area contributed by atoms with Gasteiger partial charge in [0.1, 0.15) is 24.2 Å². The number of aliphatic hydroxyl groups excluding tert-OH is 1. The van der Waals surface area contributed by atoms with Crippen LogP contribution in [0.4, 0.5) is 5.69 Å². The van der Waals surface area contributed by atoms with E-state index in [0.29, 0.717) is 49.0 Å². The number of fused-ring (bicyclic) bond motifs is 1. The smallest absolute Gasteiger partial charge is 0.255 e. The number of hydrogen-bond acceptors (Lipinski definition) is 9. The van der Waals surface area contributed by atoms with Crippen LogP contribution in [0.2, 0.25) is 0 Å². The van der Waals surface area contributed by atoms with Crippen molar-refractivity contribution in [3.63, 3.8) is 0 Å². The van der Waals surface area contributed by atoms with Crippen molar-refractivity contribution in [3.8, 4) is 5.75 Å². The molecule has 2 aromatic carbocycles. The molecule has 11 heteroatoms. The lowest BCUT2D eigenvalue weighted by atomic mass is 9.82. The van der Waals surface area contributed by atoms with E-state index < -0.39 is 11.9 Å². The zero-order valence-electron chi connectivity index (χ0n) is 23.3. The second-order valence-electron chi connectivity index (χ2n) is 10.3. The Labute approximate surface area is 243 Å². The summed E-state index contributed by atoms with van der Waals surface area (Å²) in [7, 11) is 1.61. The number of carbonyl (C=O) groups is 4. The van der Waals surface area contributed by atoms with Gasteiger partial charge >= 0.3 is 0 Å². The number of Topliss-reactive ketones (excluding diaryl/α,β-unsaturated/α-hetero) is 1. The van der Waals surface area contributed by atoms with Crippen molar-refractivity contribution in [2.24, 2.45) is 4.99 Å². The molecule has 0 radical (unpaired) electrons. The highest BCUT2D eigenvalue weighted by molar-refractivity contribution is 6.15. The Hall–Kier alpha value is -4.35. The fourth-order valence-corrected chi connectivity index (χ4v) is 5.51. The second kappa shape index (κ2) is 13.1. The molecule has 2 aromatic rings. The van der Waals surface area contributed by atoms with Gasteiger partial charge in [-0.1, -0.05) is 24.3 Å². The number of para-hydroxylation sites is 1. The summed E-state index contributed by atoms with van der Waals surface area (Å²) in [5.41, 5.74) is 2.47. The third-order valence-corrected chi connectivity index (χ3v) is 7.65. The highest BCUT2D eigenvalue weighted by Gasteiger charge is 2.40. The van der Waals surface area contributed by atoms with Gasteiger partial charge in [-0.05, 0) is 30.2 Å². The number of allylic oxidation sites excluding steroid dienone is 2. The molecule has 1 aliphatic carbocycles. The number of hydrogen-bond donors (Lipinski definition) is 2. The highest BCUT2D eigenvalue weighted by atomic mass is 16.5. The van der Waals surface area contributed by atoms with Crippen molar-refractivity contribution < 1.29 is 38.5 Å². The lowest BCUT2D eigenvalue weighted by molar-refractivity contribution is -0.137. The summed E-state index contributed by atoms with van der Waals surface area (Å²) in [6, 6.07) is 11.8. The maximum Gasteiger partial charge on any atom is 0.255 e. The molecule has 0 aromatic heterocycles. The number of nitrogens with one attached hydrogen (secondary N) is 1. The number of ketones is 1. The van der Waals surface area contributed by atoms with Gasteiger partial charge in [0.05, 0.1) is 31.1 Å².